The van der Waals surface area contributed by atoms with E-state index >= 15 is 4.79 Å². The molecule has 330 valence electrons. The van der Waals surface area contributed by atoms with Crippen LogP contribution in [0.25, 0.3) is 12.2 Å². The van der Waals surface area contributed by atoms with Gasteiger partial charge in [0, 0.05) is 48.9 Å². The van der Waals surface area contributed by atoms with Gasteiger partial charge < -0.3 is 30.3 Å². The average molecular weight is 835 g/mol. The molecule has 8 nitrogen and oxygen atoms in total. The van der Waals surface area contributed by atoms with Gasteiger partial charge in [0.2, 0.25) is 0 Å². The van der Waals surface area contributed by atoms with Gasteiger partial charge in [-0.3, -0.25) is 9.59 Å². The Morgan fingerprint density at radius 3 is 2.48 bits per heavy atom. The third-order valence-corrected chi connectivity index (χ3v) is 20.7. The van der Waals surface area contributed by atoms with Crippen LogP contribution in [0.2, 0.25) is 0 Å². The number of carbonyl (C=O) groups is 2. The van der Waals surface area contributed by atoms with Crippen molar-refractivity contribution < 1.29 is 39.9 Å². The van der Waals surface area contributed by atoms with Gasteiger partial charge in [0.05, 0.1) is 24.9 Å². The smallest absolute Gasteiger partial charge is 0.163 e. The van der Waals surface area contributed by atoms with E-state index in [0.29, 0.717) is 51.6 Å². The van der Waals surface area contributed by atoms with Crippen molar-refractivity contribution in [2.24, 2.45) is 67.5 Å². The van der Waals surface area contributed by atoms with Gasteiger partial charge in [-0.2, -0.15) is 0 Å². The molecule has 8 heteroatoms. The summed E-state index contributed by atoms with van der Waals surface area (Å²) in [6, 6.07) is 6.01. The van der Waals surface area contributed by atoms with Gasteiger partial charge >= 0.3 is 0 Å². The van der Waals surface area contributed by atoms with Crippen molar-refractivity contribution in [2.45, 2.75) is 154 Å². The maximum atomic E-state index is 16.1. The summed E-state index contributed by atoms with van der Waals surface area (Å²) < 4.78 is 5.28. The predicted octanol–water partition coefficient (Wildman–Crippen LogP) is 5.81. The lowest BCUT2D eigenvalue weighted by molar-refractivity contribution is -0.266. The minimum atomic E-state index is -1.17. The first-order valence-corrected chi connectivity index (χ1v) is 24.0. The topological polar surface area (TPSA) is 145 Å². The molecular weight excluding hydrogens is 765 g/mol. The Kier molecular flexibility index (Phi) is 10.0. The molecule has 15 atom stereocenters. The quantitative estimate of drug-likeness (QED) is 0.132. The second kappa shape index (κ2) is 14.4. The maximum Gasteiger partial charge on any atom is 0.163 e. The van der Waals surface area contributed by atoms with Crippen LogP contribution in [-0.4, -0.2) is 81.8 Å². The number of allylic oxidation sites excluding steroid dienone is 2. The fourth-order valence-electron chi connectivity index (χ4n) is 18.4. The van der Waals surface area contributed by atoms with Crippen LogP contribution in [0.1, 0.15) is 140 Å². The largest absolute Gasteiger partial charge is 0.394 e. The number of methoxy groups -OCH3 is 1. The van der Waals surface area contributed by atoms with Crippen LogP contribution >= 0.6 is 0 Å². The summed E-state index contributed by atoms with van der Waals surface area (Å²) in [5.74, 6) is 5.88. The number of aliphatic hydroxyl groups is 5. The van der Waals surface area contributed by atoms with Gasteiger partial charge in [-0.15, -0.1) is 5.92 Å². The molecule has 0 aromatic heterocycles. The van der Waals surface area contributed by atoms with Crippen molar-refractivity contribution in [3.05, 3.63) is 45.8 Å². The Balaban J connectivity index is 1.19. The van der Waals surface area contributed by atoms with E-state index in [2.05, 4.69) is 43.9 Å². The minimum absolute atomic E-state index is 0.00680. The molecule has 6 saturated carbocycles. The van der Waals surface area contributed by atoms with Crippen LogP contribution in [0.4, 0.5) is 0 Å². The van der Waals surface area contributed by atoms with Crippen molar-refractivity contribution in [2.75, 3.05) is 20.3 Å². The summed E-state index contributed by atoms with van der Waals surface area (Å²) >= 11 is 0. The van der Waals surface area contributed by atoms with E-state index in [0.717, 1.165) is 85.8 Å². The molecule has 0 unspecified atom stereocenters. The Bertz CT molecular complexity index is 2210. The Labute approximate surface area is 362 Å². The lowest BCUT2D eigenvalue weighted by Gasteiger charge is -2.75. The van der Waals surface area contributed by atoms with Crippen molar-refractivity contribution in [1.29, 1.82) is 0 Å². The summed E-state index contributed by atoms with van der Waals surface area (Å²) in [7, 11) is 1.65. The predicted molar refractivity (Wildman–Crippen MR) is 233 cm³/mol. The molecule has 1 aromatic rings. The molecule has 10 aliphatic rings. The van der Waals surface area contributed by atoms with Crippen LogP contribution in [0.3, 0.4) is 0 Å². The van der Waals surface area contributed by atoms with Crippen LogP contribution in [0.15, 0.2) is 29.8 Å². The number of hydrogen-bond donors (Lipinski definition) is 5. The van der Waals surface area contributed by atoms with E-state index in [4.69, 9.17) is 4.74 Å². The number of carbonyl (C=O) groups excluding carboxylic acids is 2. The van der Waals surface area contributed by atoms with E-state index in [1.165, 1.54) is 0 Å². The molecule has 3 spiro atoms. The summed E-state index contributed by atoms with van der Waals surface area (Å²) in [6.07, 6.45) is 15.9. The molecule has 0 radical (unpaired) electrons. The lowest BCUT2D eigenvalue weighted by Crippen LogP contribution is -2.74. The van der Waals surface area contributed by atoms with Crippen molar-refractivity contribution in [3.63, 3.8) is 0 Å². The van der Waals surface area contributed by atoms with E-state index < -0.39 is 64.0 Å². The number of hydrogen-bond acceptors (Lipinski definition) is 8. The molecule has 6 fully saturated rings. The average Bonchev–Trinajstić information content (AvgIpc) is 3.70. The first kappa shape index (κ1) is 42.3. The second-order valence-corrected chi connectivity index (χ2v) is 22.7. The highest BCUT2D eigenvalue weighted by atomic mass is 16.5. The number of aliphatic hydroxyl groups excluding tert-OH is 5. The van der Waals surface area contributed by atoms with E-state index in [-0.39, 0.29) is 46.1 Å². The summed E-state index contributed by atoms with van der Waals surface area (Å²) in [5.41, 5.74) is -2.16. The van der Waals surface area contributed by atoms with E-state index in [9.17, 15) is 30.3 Å². The van der Waals surface area contributed by atoms with E-state index in [1.54, 1.807) is 7.11 Å². The highest BCUT2D eigenvalue weighted by molar-refractivity contribution is 5.97. The van der Waals surface area contributed by atoms with Crippen molar-refractivity contribution in [3.8, 4) is 11.8 Å². The van der Waals surface area contributed by atoms with Gasteiger partial charge in [0.15, 0.2) is 11.6 Å². The normalized spacial score (nSPS) is 46.7. The molecule has 0 aliphatic heterocycles. The molecule has 0 amide bonds. The summed E-state index contributed by atoms with van der Waals surface area (Å²) in [4.78, 5) is 30.0. The SMILES string of the molecule is COCCCC(=O)c1cccc2c1=C[C@H]1CC[C@@]34CC[C@@H]5[C@](C)([C@H](O)CO)[C@@H](O)CC[C@@]5([C@H]3C(=O)C=C3[C@H]5C[C@@]6(C)CCC#C[C@@H](O)[C@]5([C@@H](O)C[C@]34C)C3(CCCC3)C6)[C@H]1C=2. The number of fused-ring (bicyclic) bond motifs is 6. The van der Waals surface area contributed by atoms with Crippen molar-refractivity contribution >= 4 is 23.7 Å². The molecule has 1 aromatic carbocycles. The fraction of sp³-hybridized carbons (Fsp3) is 0.736. The van der Waals surface area contributed by atoms with Crippen molar-refractivity contribution in [1.82, 2.24) is 0 Å². The zero-order valence-electron chi connectivity index (χ0n) is 37.1. The standard InChI is InChI=1S/C53H70O8/c1-47-18-6-5-14-43(58)53(50(31-47)19-7-8-20-50)38(28-47)37-27-40(56)46-51(48(37,2)29-44(53)59)21-15-33-25-35-32(11-9-12-34(35)39(55)13-10-24-61-4)26-36(33)52(46)23-17-42(57)49(3,45(60)30-54)41(52)16-22-51/h9,11-12,25-27,33,36,38,41-46,54,57-60H,6-8,10,13,15-24,28-31H2,1-4H3/t33-,36+,38-,41-,42+,43-,44+,45-,46+,47-,48-,49+,51-,52-,53-/m1/s1. The number of Topliss-reactive ketones (excluding diaryl/α,β-unsaturated/α-hetero) is 1. The Hall–Kier alpha value is -2.64. The molecule has 0 heterocycles. The van der Waals surface area contributed by atoms with Gasteiger partial charge in [-0.1, -0.05) is 75.5 Å². The second-order valence-electron chi connectivity index (χ2n) is 22.7. The summed E-state index contributed by atoms with van der Waals surface area (Å²) in [6.45, 7) is 6.78. The van der Waals surface area contributed by atoms with Gasteiger partial charge in [0.1, 0.15) is 6.10 Å². The zero-order chi connectivity index (χ0) is 43.0. The zero-order valence-corrected chi connectivity index (χ0v) is 37.1. The molecule has 4 bridgehead atoms. The molecule has 61 heavy (non-hydrogen) atoms. The number of ketones is 2. The maximum absolute atomic E-state index is 16.1. The molecule has 5 N–H and O–H groups in total. The third kappa shape index (κ3) is 5.34. The Morgan fingerprint density at radius 2 is 1.72 bits per heavy atom. The van der Waals surface area contributed by atoms with Crippen LogP contribution < -0.4 is 10.4 Å². The molecular formula is C53H70O8. The molecule has 0 saturated heterocycles. The lowest BCUT2D eigenvalue weighted by atomic mass is 9.29. The minimum Gasteiger partial charge on any atom is -0.394 e. The first-order chi connectivity index (χ1) is 29.1. The van der Waals surface area contributed by atoms with Gasteiger partial charge in [0.25, 0.3) is 0 Å². The summed E-state index contributed by atoms with van der Waals surface area (Å²) in [5, 5.41) is 62.4. The van der Waals surface area contributed by atoms with Crippen LogP contribution in [0.5, 0.6) is 0 Å². The number of ether oxygens (including phenoxy) is 1. The van der Waals surface area contributed by atoms with Gasteiger partial charge in [-0.25, -0.2) is 0 Å². The monoisotopic (exact) mass is 835 g/mol. The molecule has 10 aliphatic carbocycles. The third-order valence-electron chi connectivity index (χ3n) is 20.7. The highest BCUT2D eigenvalue weighted by Gasteiger charge is 2.79. The van der Waals surface area contributed by atoms with Gasteiger partial charge in [-0.05, 0) is 151 Å². The van der Waals surface area contributed by atoms with E-state index in [1.807, 2.05) is 25.1 Å². The fourth-order valence-corrected chi connectivity index (χ4v) is 18.4. The number of benzene rings is 1. The first-order valence-electron chi connectivity index (χ1n) is 24.0. The highest BCUT2D eigenvalue weighted by Crippen LogP contribution is 2.82. The molecule has 11 rings (SSSR count). The number of rotatable bonds is 7. The van der Waals surface area contributed by atoms with Crippen LogP contribution in [0, 0.1) is 79.3 Å². The van der Waals surface area contributed by atoms with Crippen LogP contribution in [-0.2, 0) is 9.53 Å². The Morgan fingerprint density at radius 1 is 0.951 bits per heavy atom.